The van der Waals surface area contributed by atoms with Crippen LogP contribution in [-0.4, -0.2) is 23.8 Å². The van der Waals surface area contributed by atoms with Crippen molar-refractivity contribution in [2.45, 2.75) is 32.8 Å². The molecule has 1 fully saturated rings. The van der Waals surface area contributed by atoms with Gasteiger partial charge in [0.05, 0.1) is 18.6 Å². The molecule has 0 aromatic carbocycles. The molecule has 0 spiro atoms. The standard InChI is InChI=1S/C9H16O3/c1-3-4-7-5-12-9(11)6(2)8(7)10/h6-8,10H,3-5H2,1-2H3/t6-,7-,8-/m1/s1. The number of rotatable bonds is 2. The van der Waals surface area contributed by atoms with Crippen molar-refractivity contribution >= 4 is 5.97 Å². The molecule has 0 amide bonds. The van der Waals surface area contributed by atoms with Crippen LogP contribution in [-0.2, 0) is 9.53 Å². The number of carbonyl (C=O) groups is 1. The molecule has 3 heteroatoms. The maximum atomic E-state index is 11.0. The Morgan fingerprint density at radius 2 is 2.33 bits per heavy atom. The van der Waals surface area contributed by atoms with Gasteiger partial charge in [-0.25, -0.2) is 0 Å². The van der Waals surface area contributed by atoms with Crippen molar-refractivity contribution in [3.8, 4) is 0 Å². The van der Waals surface area contributed by atoms with Crippen LogP contribution in [0.4, 0.5) is 0 Å². The number of ether oxygens (including phenoxy) is 1. The second-order valence-electron chi connectivity index (χ2n) is 3.46. The minimum Gasteiger partial charge on any atom is -0.465 e. The summed E-state index contributed by atoms with van der Waals surface area (Å²) in [6.45, 7) is 4.17. The monoisotopic (exact) mass is 172 g/mol. The third-order valence-electron chi connectivity index (χ3n) is 2.47. The van der Waals surface area contributed by atoms with Gasteiger partial charge in [-0.2, -0.15) is 0 Å². The van der Waals surface area contributed by atoms with Crippen LogP contribution in [0.3, 0.4) is 0 Å². The lowest BCUT2D eigenvalue weighted by atomic mass is 9.87. The van der Waals surface area contributed by atoms with Gasteiger partial charge in [-0.15, -0.1) is 0 Å². The minimum atomic E-state index is -0.508. The number of cyclic esters (lactones) is 1. The Morgan fingerprint density at radius 3 is 2.92 bits per heavy atom. The molecule has 0 bridgehead atoms. The lowest BCUT2D eigenvalue weighted by molar-refractivity contribution is -0.166. The minimum absolute atomic E-state index is 0.141. The van der Waals surface area contributed by atoms with Gasteiger partial charge in [0.1, 0.15) is 0 Å². The maximum absolute atomic E-state index is 11.0. The van der Waals surface area contributed by atoms with E-state index in [9.17, 15) is 9.90 Å². The summed E-state index contributed by atoms with van der Waals surface area (Å²) in [6.07, 6.45) is 1.44. The Morgan fingerprint density at radius 1 is 1.67 bits per heavy atom. The molecule has 70 valence electrons. The van der Waals surface area contributed by atoms with Crippen LogP contribution in [0.1, 0.15) is 26.7 Å². The van der Waals surface area contributed by atoms with Crippen LogP contribution in [0.15, 0.2) is 0 Å². The number of hydrogen-bond donors (Lipinski definition) is 1. The Balaban J connectivity index is 2.52. The second kappa shape index (κ2) is 3.90. The first-order chi connectivity index (χ1) is 5.66. The van der Waals surface area contributed by atoms with Crippen LogP contribution in [0.25, 0.3) is 0 Å². The van der Waals surface area contributed by atoms with Crippen LogP contribution < -0.4 is 0 Å². The van der Waals surface area contributed by atoms with E-state index in [1.54, 1.807) is 6.92 Å². The van der Waals surface area contributed by atoms with E-state index in [0.717, 1.165) is 12.8 Å². The molecule has 0 radical (unpaired) electrons. The van der Waals surface area contributed by atoms with Crippen molar-refractivity contribution in [2.24, 2.45) is 11.8 Å². The first kappa shape index (κ1) is 9.52. The highest BCUT2D eigenvalue weighted by Gasteiger charge is 2.35. The van der Waals surface area contributed by atoms with E-state index in [1.807, 2.05) is 0 Å². The summed E-state index contributed by atoms with van der Waals surface area (Å²) in [5, 5.41) is 9.64. The molecule has 0 aromatic rings. The maximum Gasteiger partial charge on any atom is 0.311 e. The van der Waals surface area contributed by atoms with Gasteiger partial charge >= 0.3 is 5.97 Å². The largest absolute Gasteiger partial charge is 0.465 e. The third-order valence-corrected chi connectivity index (χ3v) is 2.47. The van der Waals surface area contributed by atoms with E-state index in [2.05, 4.69) is 6.92 Å². The zero-order valence-corrected chi connectivity index (χ0v) is 7.62. The van der Waals surface area contributed by atoms with Crippen molar-refractivity contribution in [3.63, 3.8) is 0 Å². The Kier molecular flexibility index (Phi) is 3.09. The third kappa shape index (κ3) is 1.78. The molecule has 1 N–H and O–H groups in total. The molecule has 1 saturated heterocycles. The average Bonchev–Trinajstić information content (AvgIpc) is 2.07. The van der Waals surface area contributed by atoms with Gasteiger partial charge in [-0.1, -0.05) is 13.3 Å². The molecule has 1 rings (SSSR count). The van der Waals surface area contributed by atoms with Crippen molar-refractivity contribution in [1.82, 2.24) is 0 Å². The quantitative estimate of drug-likeness (QED) is 0.631. The van der Waals surface area contributed by atoms with E-state index in [4.69, 9.17) is 4.74 Å². The fourth-order valence-electron chi connectivity index (χ4n) is 1.59. The van der Waals surface area contributed by atoms with Gasteiger partial charge in [-0.3, -0.25) is 4.79 Å². The molecule has 0 aliphatic carbocycles. The van der Waals surface area contributed by atoms with E-state index < -0.39 is 6.10 Å². The molecule has 1 aliphatic rings. The zero-order valence-electron chi connectivity index (χ0n) is 7.62. The summed E-state index contributed by atoms with van der Waals surface area (Å²) >= 11 is 0. The Bertz CT molecular complexity index is 167. The predicted octanol–water partition coefficient (Wildman–Crippen LogP) is 0.956. The normalized spacial score (nSPS) is 36.2. The van der Waals surface area contributed by atoms with Crippen molar-refractivity contribution in [3.05, 3.63) is 0 Å². The molecule has 1 aliphatic heterocycles. The van der Waals surface area contributed by atoms with E-state index in [1.165, 1.54) is 0 Å². The van der Waals surface area contributed by atoms with Crippen molar-refractivity contribution < 1.29 is 14.6 Å². The van der Waals surface area contributed by atoms with Gasteiger partial charge in [0.25, 0.3) is 0 Å². The summed E-state index contributed by atoms with van der Waals surface area (Å²) in [6, 6.07) is 0. The van der Waals surface area contributed by atoms with Gasteiger partial charge in [-0.05, 0) is 13.3 Å². The van der Waals surface area contributed by atoms with Crippen molar-refractivity contribution in [2.75, 3.05) is 6.61 Å². The van der Waals surface area contributed by atoms with E-state index in [0.29, 0.717) is 6.61 Å². The highest BCUT2D eigenvalue weighted by molar-refractivity contribution is 5.73. The number of esters is 1. The number of aliphatic hydroxyl groups is 1. The van der Waals surface area contributed by atoms with Gasteiger partial charge in [0.15, 0.2) is 0 Å². The molecule has 0 aromatic heterocycles. The SMILES string of the molecule is CCC[C@@H]1COC(=O)[C@H](C)[C@H]1O. The van der Waals surface area contributed by atoms with E-state index >= 15 is 0 Å². The van der Waals surface area contributed by atoms with E-state index in [-0.39, 0.29) is 17.8 Å². The molecule has 1 heterocycles. The number of hydrogen-bond acceptors (Lipinski definition) is 3. The summed E-state index contributed by atoms with van der Waals surface area (Å²) in [7, 11) is 0. The molecular formula is C9H16O3. The van der Waals surface area contributed by atoms with Crippen LogP contribution >= 0.6 is 0 Å². The fraction of sp³-hybridized carbons (Fsp3) is 0.889. The molecule has 3 nitrogen and oxygen atoms in total. The van der Waals surface area contributed by atoms with Gasteiger partial charge < -0.3 is 9.84 Å². The summed E-state index contributed by atoms with van der Waals surface area (Å²) in [5.41, 5.74) is 0. The van der Waals surface area contributed by atoms with Crippen LogP contribution in [0.5, 0.6) is 0 Å². The van der Waals surface area contributed by atoms with Crippen molar-refractivity contribution in [1.29, 1.82) is 0 Å². The fourth-order valence-corrected chi connectivity index (χ4v) is 1.59. The average molecular weight is 172 g/mol. The Hall–Kier alpha value is -0.570. The smallest absolute Gasteiger partial charge is 0.311 e. The molecule has 0 unspecified atom stereocenters. The van der Waals surface area contributed by atoms with Gasteiger partial charge in [0.2, 0.25) is 0 Å². The lowest BCUT2D eigenvalue weighted by Gasteiger charge is -2.31. The Labute approximate surface area is 72.7 Å². The van der Waals surface area contributed by atoms with Gasteiger partial charge in [0, 0.05) is 5.92 Å². The molecule has 0 saturated carbocycles. The first-order valence-corrected chi connectivity index (χ1v) is 4.51. The predicted molar refractivity (Wildman–Crippen MR) is 44.5 cm³/mol. The lowest BCUT2D eigenvalue weighted by Crippen LogP contribution is -2.41. The summed E-state index contributed by atoms with van der Waals surface area (Å²) in [4.78, 5) is 11.0. The molecule has 12 heavy (non-hydrogen) atoms. The first-order valence-electron chi connectivity index (χ1n) is 4.51. The molecular weight excluding hydrogens is 156 g/mol. The molecule has 3 atom stereocenters. The highest BCUT2D eigenvalue weighted by atomic mass is 16.5. The number of carbonyl (C=O) groups excluding carboxylic acids is 1. The summed E-state index contributed by atoms with van der Waals surface area (Å²) < 4.78 is 4.93. The topological polar surface area (TPSA) is 46.5 Å². The zero-order chi connectivity index (χ0) is 9.14. The van der Waals surface area contributed by atoms with Crippen LogP contribution in [0, 0.1) is 11.8 Å². The second-order valence-corrected chi connectivity index (χ2v) is 3.46. The number of aliphatic hydroxyl groups excluding tert-OH is 1. The van der Waals surface area contributed by atoms with Crippen LogP contribution in [0.2, 0.25) is 0 Å². The highest BCUT2D eigenvalue weighted by Crippen LogP contribution is 2.24. The summed E-state index contributed by atoms with van der Waals surface area (Å²) in [5.74, 6) is -0.479.